The van der Waals surface area contributed by atoms with Crippen LogP contribution in [0.1, 0.15) is 32.6 Å². The van der Waals surface area contributed by atoms with Gasteiger partial charge in [-0.1, -0.05) is 24.3 Å². The van der Waals surface area contributed by atoms with E-state index < -0.39 is 4.92 Å². The average Bonchev–Trinajstić information content (AvgIpc) is 2.44. The number of carbonyl (C=O) groups is 1. The Morgan fingerprint density at radius 3 is 2.40 bits per heavy atom. The lowest BCUT2D eigenvalue weighted by atomic mass is 9.93. The minimum Gasteiger partial charge on any atom is -0.289 e. The van der Waals surface area contributed by atoms with Crippen molar-refractivity contribution < 1.29 is 9.72 Å². The highest BCUT2D eigenvalue weighted by atomic mass is 16.6. The van der Waals surface area contributed by atoms with Crippen molar-refractivity contribution in [2.75, 3.05) is 0 Å². The Morgan fingerprint density at radius 2 is 1.75 bits per heavy atom. The Hall–Kier alpha value is -2.49. The summed E-state index contributed by atoms with van der Waals surface area (Å²) in [6, 6.07) is 9.50. The molecule has 2 aromatic carbocycles. The second-order valence-corrected chi connectivity index (χ2v) is 4.82. The number of carbonyl (C=O) groups excluding carboxylic acids is 1. The summed E-state index contributed by atoms with van der Waals surface area (Å²) in [7, 11) is 0. The van der Waals surface area contributed by atoms with Crippen molar-refractivity contribution in [3.8, 4) is 0 Å². The molecule has 0 N–H and O–H groups in total. The van der Waals surface area contributed by atoms with Crippen LogP contribution >= 0.6 is 0 Å². The molecule has 2 aromatic rings. The van der Waals surface area contributed by atoms with Gasteiger partial charge in [0.05, 0.1) is 4.92 Å². The molecule has 0 heterocycles. The van der Waals surface area contributed by atoms with Gasteiger partial charge in [-0.2, -0.15) is 0 Å². The lowest BCUT2D eigenvalue weighted by Gasteiger charge is -2.10. The second-order valence-electron chi connectivity index (χ2n) is 4.82. The quantitative estimate of drug-likeness (QED) is 0.484. The first kappa shape index (κ1) is 13.9. The number of hydrogen-bond donors (Lipinski definition) is 0. The van der Waals surface area contributed by atoms with Crippen LogP contribution in [0.2, 0.25) is 0 Å². The van der Waals surface area contributed by atoms with Crippen molar-refractivity contribution in [1.29, 1.82) is 0 Å². The van der Waals surface area contributed by atoms with Gasteiger partial charge in [0.15, 0.2) is 5.78 Å². The van der Waals surface area contributed by atoms with Crippen LogP contribution in [0.5, 0.6) is 0 Å². The molecule has 0 amide bonds. The molecule has 0 fully saturated rings. The summed E-state index contributed by atoms with van der Waals surface area (Å²) >= 11 is 0. The molecule has 102 valence electrons. The van der Waals surface area contributed by atoms with E-state index in [0.717, 1.165) is 16.7 Å². The first-order chi connectivity index (χ1) is 9.41. The Labute approximate surface area is 117 Å². The van der Waals surface area contributed by atoms with E-state index >= 15 is 0 Å². The zero-order valence-corrected chi connectivity index (χ0v) is 11.6. The van der Waals surface area contributed by atoms with E-state index in [2.05, 4.69) is 0 Å². The predicted octanol–water partition coefficient (Wildman–Crippen LogP) is 3.75. The number of benzene rings is 2. The maximum atomic E-state index is 12.5. The fourth-order valence-corrected chi connectivity index (χ4v) is 2.12. The monoisotopic (exact) mass is 269 g/mol. The normalized spacial score (nSPS) is 10.3. The molecule has 0 aromatic heterocycles. The highest BCUT2D eigenvalue weighted by molar-refractivity contribution is 6.10. The molecule has 0 aliphatic carbocycles. The number of hydrogen-bond acceptors (Lipinski definition) is 3. The van der Waals surface area contributed by atoms with Crippen LogP contribution in [-0.2, 0) is 0 Å². The Balaban J connectivity index is 2.49. The van der Waals surface area contributed by atoms with Crippen molar-refractivity contribution in [2.24, 2.45) is 0 Å². The van der Waals surface area contributed by atoms with Crippen molar-refractivity contribution in [3.63, 3.8) is 0 Å². The predicted molar refractivity (Wildman–Crippen MR) is 77.2 cm³/mol. The van der Waals surface area contributed by atoms with Crippen LogP contribution in [0.25, 0.3) is 0 Å². The zero-order valence-electron chi connectivity index (χ0n) is 11.6. The molecule has 0 aliphatic rings. The van der Waals surface area contributed by atoms with Gasteiger partial charge in [0.1, 0.15) is 0 Å². The minimum atomic E-state index is -0.496. The van der Waals surface area contributed by atoms with Gasteiger partial charge in [0, 0.05) is 23.3 Å². The summed E-state index contributed by atoms with van der Waals surface area (Å²) in [4.78, 5) is 22.8. The summed E-state index contributed by atoms with van der Waals surface area (Å²) in [6.45, 7) is 5.85. The Kier molecular flexibility index (Phi) is 3.66. The topological polar surface area (TPSA) is 60.2 Å². The largest absolute Gasteiger partial charge is 0.289 e. The molecule has 4 nitrogen and oxygen atoms in total. The summed E-state index contributed by atoms with van der Waals surface area (Å²) in [6.07, 6.45) is 0. The van der Waals surface area contributed by atoms with Crippen LogP contribution in [0.3, 0.4) is 0 Å². The van der Waals surface area contributed by atoms with E-state index in [9.17, 15) is 14.9 Å². The lowest BCUT2D eigenvalue weighted by Crippen LogP contribution is -2.06. The van der Waals surface area contributed by atoms with E-state index in [-0.39, 0.29) is 11.5 Å². The minimum absolute atomic E-state index is 0.0719. The van der Waals surface area contributed by atoms with E-state index in [1.165, 1.54) is 18.2 Å². The molecule has 0 saturated carbocycles. The molecule has 0 aliphatic heterocycles. The van der Waals surface area contributed by atoms with Gasteiger partial charge < -0.3 is 0 Å². The summed E-state index contributed by atoms with van der Waals surface area (Å²) in [5.74, 6) is -0.186. The number of rotatable bonds is 3. The molecule has 0 radical (unpaired) electrons. The third kappa shape index (κ3) is 2.45. The Bertz CT molecular complexity index is 705. The summed E-state index contributed by atoms with van der Waals surface area (Å²) < 4.78 is 0. The van der Waals surface area contributed by atoms with Crippen molar-refractivity contribution >= 4 is 11.5 Å². The molecular formula is C16H15NO3. The third-order valence-corrected chi connectivity index (χ3v) is 3.62. The molecule has 0 bridgehead atoms. The second kappa shape index (κ2) is 5.25. The van der Waals surface area contributed by atoms with Crippen LogP contribution in [0.4, 0.5) is 5.69 Å². The maximum absolute atomic E-state index is 12.5. The van der Waals surface area contributed by atoms with Gasteiger partial charge in [0.2, 0.25) is 0 Å². The maximum Gasteiger partial charge on any atom is 0.270 e. The third-order valence-electron chi connectivity index (χ3n) is 3.62. The number of nitro benzene ring substituents is 1. The van der Waals surface area contributed by atoms with E-state index in [0.29, 0.717) is 11.1 Å². The fourth-order valence-electron chi connectivity index (χ4n) is 2.12. The van der Waals surface area contributed by atoms with Crippen molar-refractivity contribution in [1.82, 2.24) is 0 Å². The van der Waals surface area contributed by atoms with Gasteiger partial charge in [-0.15, -0.1) is 0 Å². The SMILES string of the molecule is Cc1ccc(C(=O)c2cccc([N+](=O)[O-])c2)c(C)c1C. The van der Waals surface area contributed by atoms with E-state index in [1.807, 2.05) is 26.8 Å². The number of ketones is 1. The van der Waals surface area contributed by atoms with Gasteiger partial charge in [-0.05, 0) is 37.5 Å². The first-order valence-corrected chi connectivity index (χ1v) is 6.27. The highest BCUT2D eigenvalue weighted by Gasteiger charge is 2.16. The van der Waals surface area contributed by atoms with Crippen LogP contribution in [0, 0.1) is 30.9 Å². The van der Waals surface area contributed by atoms with Gasteiger partial charge in [-0.3, -0.25) is 14.9 Å². The molecule has 20 heavy (non-hydrogen) atoms. The number of nitrogens with zero attached hydrogens (tertiary/aromatic N) is 1. The molecule has 0 spiro atoms. The summed E-state index contributed by atoms with van der Waals surface area (Å²) in [5, 5.41) is 10.8. The molecule has 4 heteroatoms. The van der Waals surface area contributed by atoms with Gasteiger partial charge in [-0.25, -0.2) is 0 Å². The average molecular weight is 269 g/mol. The fraction of sp³-hybridized carbons (Fsp3) is 0.188. The van der Waals surface area contributed by atoms with E-state index in [4.69, 9.17) is 0 Å². The van der Waals surface area contributed by atoms with E-state index in [1.54, 1.807) is 12.1 Å². The molecule has 0 atom stereocenters. The van der Waals surface area contributed by atoms with Crippen molar-refractivity contribution in [3.05, 3.63) is 74.3 Å². The molecule has 2 rings (SSSR count). The highest BCUT2D eigenvalue weighted by Crippen LogP contribution is 2.22. The number of non-ortho nitro benzene ring substituents is 1. The zero-order chi connectivity index (χ0) is 14.9. The standard InChI is InChI=1S/C16H15NO3/c1-10-7-8-15(12(3)11(10)2)16(18)13-5-4-6-14(9-13)17(19)20/h4-9H,1-3H3. The van der Waals surface area contributed by atoms with Crippen LogP contribution < -0.4 is 0 Å². The van der Waals surface area contributed by atoms with Crippen LogP contribution in [0.15, 0.2) is 36.4 Å². The van der Waals surface area contributed by atoms with Gasteiger partial charge >= 0.3 is 0 Å². The molecule has 0 unspecified atom stereocenters. The summed E-state index contributed by atoms with van der Waals surface area (Å²) in [5.41, 5.74) is 3.97. The smallest absolute Gasteiger partial charge is 0.270 e. The van der Waals surface area contributed by atoms with Crippen LogP contribution in [-0.4, -0.2) is 10.7 Å². The number of aryl methyl sites for hydroxylation is 1. The Morgan fingerprint density at radius 1 is 1.05 bits per heavy atom. The lowest BCUT2D eigenvalue weighted by molar-refractivity contribution is -0.384. The first-order valence-electron chi connectivity index (χ1n) is 6.27. The molecular weight excluding hydrogens is 254 g/mol. The molecule has 0 saturated heterocycles. The number of nitro groups is 1. The van der Waals surface area contributed by atoms with Crippen molar-refractivity contribution in [2.45, 2.75) is 20.8 Å². The van der Waals surface area contributed by atoms with Gasteiger partial charge in [0.25, 0.3) is 5.69 Å².